The second-order valence-electron chi connectivity index (χ2n) is 3.93. The molecule has 1 aromatic rings. The van der Waals surface area contributed by atoms with E-state index in [1.54, 1.807) is 0 Å². The molecule has 3 nitrogen and oxygen atoms in total. The molecule has 0 radical (unpaired) electrons. The lowest BCUT2D eigenvalue weighted by Gasteiger charge is -2.07. The predicted molar refractivity (Wildman–Crippen MR) is 63.6 cm³/mol. The van der Waals surface area contributed by atoms with Gasteiger partial charge in [0.15, 0.2) is 0 Å². The van der Waals surface area contributed by atoms with Gasteiger partial charge in [0.2, 0.25) is 0 Å². The van der Waals surface area contributed by atoms with Crippen molar-refractivity contribution >= 4 is 11.7 Å². The quantitative estimate of drug-likeness (QED) is 0.788. The van der Waals surface area contributed by atoms with Crippen molar-refractivity contribution in [1.29, 1.82) is 0 Å². The third-order valence-electron chi connectivity index (χ3n) is 2.87. The van der Waals surface area contributed by atoms with Crippen LogP contribution in [0.4, 0.5) is 5.69 Å². The van der Waals surface area contributed by atoms with Gasteiger partial charge in [0.25, 0.3) is 0 Å². The summed E-state index contributed by atoms with van der Waals surface area (Å²) in [6.07, 6.45) is 2.32. The maximum absolute atomic E-state index is 11.3. The summed E-state index contributed by atoms with van der Waals surface area (Å²) >= 11 is 0. The van der Waals surface area contributed by atoms with Crippen LogP contribution in [0, 0.1) is 0 Å². The number of nitrogens with one attached hydrogen (secondary N) is 1. The molecule has 0 atom stereocenters. The Kier molecular flexibility index (Phi) is 3.44. The average Bonchev–Trinajstić information content (AvgIpc) is 2.75. The molecule has 0 bridgehead atoms. The van der Waals surface area contributed by atoms with Gasteiger partial charge in [0, 0.05) is 18.7 Å². The molecule has 0 aliphatic carbocycles. The van der Waals surface area contributed by atoms with Gasteiger partial charge in [-0.25, -0.2) is 0 Å². The molecule has 2 rings (SSSR count). The van der Waals surface area contributed by atoms with E-state index in [2.05, 4.69) is 17.4 Å². The largest absolute Gasteiger partial charge is 0.466 e. The first-order valence-electron chi connectivity index (χ1n) is 5.81. The van der Waals surface area contributed by atoms with Gasteiger partial charge >= 0.3 is 5.97 Å². The summed E-state index contributed by atoms with van der Waals surface area (Å²) in [6.45, 7) is 3.31. The number of fused-ring (bicyclic) bond motifs is 1. The zero-order chi connectivity index (χ0) is 11.4. The Bertz CT molecular complexity index is 388. The summed E-state index contributed by atoms with van der Waals surface area (Å²) < 4.78 is 4.93. The molecule has 1 aliphatic rings. The van der Waals surface area contributed by atoms with Crippen LogP contribution in [0.2, 0.25) is 0 Å². The van der Waals surface area contributed by atoms with Crippen LogP contribution in [0.15, 0.2) is 18.2 Å². The van der Waals surface area contributed by atoms with E-state index in [0.717, 1.165) is 19.4 Å². The molecule has 86 valence electrons. The van der Waals surface area contributed by atoms with E-state index in [9.17, 15) is 4.79 Å². The average molecular weight is 219 g/mol. The van der Waals surface area contributed by atoms with Crippen LogP contribution in [0.5, 0.6) is 0 Å². The van der Waals surface area contributed by atoms with Crippen LogP contribution in [-0.2, 0) is 22.4 Å². The number of carbonyl (C=O) groups excluding carboxylic acids is 1. The van der Waals surface area contributed by atoms with Gasteiger partial charge in [0.1, 0.15) is 0 Å². The standard InChI is InChI=1S/C13H17NO2/c1-2-16-13(15)7-6-10-4-3-5-12-11(10)8-9-14-12/h3-5,14H,2,6-9H2,1H3. The van der Waals surface area contributed by atoms with Crippen LogP contribution in [-0.4, -0.2) is 19.1 Å². The van der Waals surface area contributed by atoms with Crippen LogP contribution in [0.25, 0.3) is 0 Å². The molecular weight excluding hydrogens is 202 g/mol. The summed E-state index contributed by atoms with van der Waals surface area (Å²) in [4.78, 5) is 11.3. The minimum Gasteiger partial charge on any atom is -0.466 e. The Balaban J connectivity index is 2.00. The number of hydrogen-bond acceptors (Lipinski definition) is 3. The Hall–Kier alpha value is -1.51. The van der Waals surface area contributed by atoms with Gasteiger partial charge in [0.05, 0.1) is 6.61 Å². The number of anilines is 1. The summed E-state index contributed by atoms with van der Waals surface area (Å²) in [7, 11) is 0. The second kappa shape index (κ2) is 5.01. The minimum absolute atomic E-state index is 0.106. The number of ether oxygens (including phenoxy) is 1. The molecular formula is C13H17NO2. The molecule has 1 aliphatic heterocycles. The van der Waals surface area contributed by atoms with Gasteiger partial charge in [-0.15, -0.1) is 0 Å². The highest BCUT2D eigenvalue weighted by Crippen LogP contribution is 2.26. The number of esters is 1. The summed E-state index contributed by atoms with van der Waals surface area (Å²) in [6, 6.07) is 6.24. The van der Waals surface area contributed by atoms with E-state index in [0.29, 0.717) is 13.0 Å². The first-order valence-corrected chi connectivity index (χ1v) is 5.81. The minimum atomic E-state index is -0.106. The lowest BCUT2D eigenvalue weighted by Crippen LogP contribution is -2.06. The van der Waals surface area contributed by atoms with E-state index in [4.69, 9.17) is 4.74 Å². The van der Waals surface area contributed by atoms with Crippen molar-refractivity contribution in [2.24, 2.45) is 0 Å². The molecule has 1 N–H and O–H groups in total. The Morgan fingerprint density at radius 3 is 3.19 bits per heavy atom. The third kappa shape index (κ3) is 2.35. The fourth-order valence-corrected chi connectivity index (χ4v) is 2.12. The maximum Gasteiger partial charge on any atom is 0.306 e. The van der Waals surface area contributed by atoms with Crippen molar-refractivity contribution in [2.45, 2.75) is 26.2 Å². The lowest BCUT2D eigenvalue weighted by atomic mass is 10.0. The zero-order valence-corrected chi connectivity index (χ0v) is 9.58. The van der Waals surface area contributed by atoms with Crippen molar-refractivity contribution in [3.8, 4) is 0 Å². The molecule has 0 aromatic heterocycles. The molecule has 3 heteroatoms. The highest BCUT2D eigenvalue weighted by molar-refractivity contribution is 5.70. The van der Waals surface area contributed by atoms with Gasteiger partial charge in [-0.05, 0) is 37.0 Å². The zero-order valence-electron chi connectivity index (χ0n) is 9.58. The van der Waals surface area contributed by atoms with Crippen molar-refractivity contribution in [2.75, 3.05) is 18.5 Å². The summed E-state index contributed by atoms with van der Waals surface area (Å²) in [5.74, 6) is -0.106. The van der Waals surface area contributed by atoms with E-state index >= 15 is 0 Å². The van der Waals surface area contributed by atoms with Gasteiger partial charge < -0.3 is 10.1 Å². The number of carbonyl (C=O) groups is 1. The topological polar surface area (TPSA) is 38.3 Å². The molecule has 16 heavy (non-hydrogen) atoms. The predicted octanol–water partition coefficient (Wildman–Crippen LogP) is 2.15. The molecule has 0 unspecified atom stereocenters. The fraction of sp³-hybridized carbons (Fsp3) is 0.462. The molecule has 1 aromatic carbocycles. The Morgan fingerprint density at radius 2 is 2.38 bits per heavy atom. The fourth-order valence-electron chi connectivity index (χ4n) is 2.12. The third-order valence-corrected chi connectivity index (χ3v) is 2.87. The van der Waals surface area contributed by atoms with Crippen molar-refractivity contribution in [3.05, 3.63) is 29.3 Å². The van der Waals surface area contributed by atoms with Crippen molar-refractivity contribution < 1.29 is 9.53 Å². The van der Waals surface area contributed by atoms with E-state index in [1.807, 2.05) is 13.0 Å². The van der Waals surface area contributed by atoms with Gasteiger partial charge in [-0.2, -0.15) is 0 Å². The van der Waals surface area contributed by atoms with Crippen LogP contribution >= 0.6 is 0 Å². The molecule has 0 saturated carbocycles. The Labute approximate surface area is 95.8 Å². The van der Waals surface area contributed by atoms with E-state index < -0.39 is 0 Å². The van der Waals surface area contributed by atoms with Gasteiger partial charge in [-0.1, -0.05) is 12.1 Å². The van der Waals surface area contributed by atoms with E-state index in [-0.39, 0.29) is 5.97 Å². The molecule has 1 heterocycles. The lowest BCUT2D eigenvalue weighted by molar-refractivity contribution is -0.143. The number of rotatable bonds is 4. The summed E-state index contributed by atoms with van der Waals surface area (Å²) in [5.41, 5.74) is 3.86. The Morgan fingerprint density at radius 1 is 1.50 bits per heavy atom. The number of benzene rings is 1. The summed E-state index contributed by atoms with van der Waals surface area (Å²) in [5, 5.41) is 3.34. The smallest absolute Gasteiger partial charge is 0.306 e. The van der Waals surface area contributed by atoms with Crippen molar-refractivity contribution in [1.82, 2.24) is 0 Å². The highest BCUT2D eigenvalue weighted by atomic mass is 16.5. The number of hydrogen-bond donors (Lipinski definition) is 1. The second-order valence-corrected chi connectivity index (χ2v) is 3.93. The van der Waals surface area contributed by atoms with E-state index in [1.165, 1.54) is 16.8 Å². The highest BCUT2D eigenvalue weighted by Gasteiger charge is 2.14. The van der Waals surface area contributed by atoms with Crippen LogP contribution in [0.3, 0.4) is 0 Å². The molecule has 0 fully saturated rings. The molecule has 0 spiro atoms. The van der Waals surface area contributed by atoms with Crippen molar-refractivity contribution in [3.63, 3.8) is 0 Å². The molecule has 0 saturated heterocycles. The first kappa shape index (κ1) is 11.0. The van der Waals surface area contributed by atoms with Crippen LogP contribution in [0.1, 0.15) is 24.5 Å². The SMILES string of the molecule is CCOC(=O)CCc1cccc2c1CCN2. The monoisotopic (exact) mass is 219 g/mol. The first-order chi connectivity index (χ1) is 7.81. The normalized spacial score (nSPS) is 13.1. The van der Waals surface area contributed by atoms with Crippen LogP contribution < -0.4 is 5.32 Å². The maximum atomic E-state index is 11.3. The number of aryl methyl sites for hydroxylation is 1. The molecule has 0 amide bonds. The van der Waals surface area contributed by atoms with Gasteiger partial charge in [-0.3, -0.25) is 4.79 Å².